The molecule has 0 aliphatic carbocycles. The summed E-state index contributed by atoms with van der Waals surface area (Å²) in [5.41, 5.74) is 0.833. The average Bonchev–Trinajstić information content (AvgIpc) is 2.67. The second-order valence-corrected chi connectivity index (χ2v) is 7.24. The van der Waals surface area contributed by atoms with Gasteiger partial charge in [0.25, 0.3) is 0 Å². The Morgan fingerprint density at radius 3 is 2.59 bits per heavy atom. The van der Waals surface area contributed by atoms with E-state index in [9.17, 15) is 14.4 Å². The smallest absolute Gasteiger partial charge is 0.325 e. The Balaban J connectivity index is 1.89. The van der Waals surface area contributed by atoms with Crippen molar-refractivity contribution >= 4 is 39.8 Å². The largest absolute Gasteiger partial charge is 0.497 e. The van der Waals surface area contributed by atoms with Crippen LogP contribution in [0, 0.1) is 5.92 Å². The molecule has 0 bridgehead atoms. The van der Waals surface area contributed by atoms with Crippen LogP contribution in [0.5, 0.6) is 5.75 Å². The predicted molar refractivity (Wildman–Crippen MR) is 104 cm³/mol. The summed E-state index contributed by atoms with van der Waals surface area (Å²) in [6.07, 6.45) is 4.26. The van der Waals surface area contributed by atoms with Crippen LogP contribution in [0.25, 0.3) is 6.08 Å². The van der Waals surface area contributed by atoms with E-state index in [0.29, 0.717) is 31.7 Å². The lowest BCUT2D eigenvalue weighted by molar-refractivity contribution is -0.142. The van der Waals surface area contributed by atoms with Gasteiger partial charge in [0.2, 0.25) is 11.8 Å². The molecule has 1 saturated heterocycles. The fraction of sp³-hybridized carbons (Fsp3) is 0.421. The normalized spacial score (nSPS) is 16.2. The summed E-state index contributed by atoms with van der Waals surface area (Å²) in [5.74, 6) is -1.03. The zero-order valence-corrected chi connectivity index (χ0v) is 16.9. The van der Waals surface area contributed by atoms with E-state index < -0.39 is 12.0 Å². The van der Waals surface area contributed by atoms with Crippen molar-refractivity contribution in [3.63, 3.8) is 0 Å². The molecule has 1 aromatic carbocycles. The summed E-state index contributed by atoms with van der Waals surface area (Å²) in [5, 5.41) is 11.3. The summed E-state index contributed by atoms with van der Waals surface area (Å²) < 4.78 is 6.04. The average molecular weight is 439 g/mol. The number of ether oxygens (including phenoxy) is 1. The predicted octanol–water partition coefficient (Wildman–Crippen LogP) is 2.30. The van der Waals surface area contributed by atoms with Gasteiger partial charge in [-0.2, -0.15) is 0 Å². The Hall–Kier alpha value is -2.35. The monoisotopic (exact) mass is 438 g/mol. The van der Waals surface area contributed by atoms with Gasteiger partial charge in [-0.05, 0) is 49.6 Å². The van der Waals surface area contributed by atoms with E-state index in [1.54, 1.807) is 18.1 Å². The van der Waals surface area contributed by atoms with Crippen molar-refractivity contribution < 1.29 is 24.2 Å². The molecule has 0 spiro atoms. The number of nitrogens with one attached hydrogen (secondary N) is 1. The molecule has 2 amide bonds. The number of aliphatic carboxylic acids is 1. The Labute approximate surface area is 166 Å². The molecular formula is C19H23BrN2O5. The fourth-order valence-corrected chi connectivity index (χ4v) is 3.18. The van der Waals surface area contributed by atoms with Crippen molar-refractivity contribution in [3.05, 3.63) is 34.3 Å². The molecule has 1 heterocycles. The molecule has 1 fully saturated rings. The van der Waals surface area contributed by atoms with E-state index in [0.717, 1.165) is 10.0 Å². The van der Waals surface area contributed by atoms with E-state index in [1.165, 1.54) is 13.0 Å². The Morgan fingerprint density at radius 2 is 2.00 bits per heavy atom. The van der Waals surface area contributed by atoms with Crippen LogP contribution >= 0.6 is 15.9 Å². The molecule has 7 nitrogen and oxygen atoms in total. The summed E-state index contributed by atoms with van der Waals surface area (Å²) in [6.45, 7) is 2.35. The van der Waals surface area contributed by atoms with Gasteiger partial charge in [0.05, 0.1) is 7.11 Å². The van der Waals surface area contributed by atoms with Crippen molar-refractivity contribution in [2.24, 2.45) is 5.92 Å². The number of nitrogens with zero attached hydrogens (tertiary/aromatic N) is 1. The number of likely N-dealkylation sites (tertiary alicyclic amines) is 1. The topological polar surface area (TPSA) is 95.9 Å². The zero-order chi connectivity index (χ0) is 20.0. The molecule has 2 rings (SSSR count). The molecule has 1 aromatic rings. The van der Waals surface area contributed by atoms with E-state index in [1.807, 2.05) is 18.2 Å². The first-order valence-corrected chi connectivity index (χ1v) is 9.44. The van der Waals surface area contributed by atoms with Gasteiger partial charge in [-0.15, -0.1) is 0 Å². The molecule has 1 aliphatic rings. The summed E-state index contributed by atoms with van der Waals surface area (Å²) in [4.78, 5) is 37.0. The van der Waals surface area contributed by atoms with Crippen LogP contribution in [-0.2, 0) is 14.4 Å². The third-order valence-electron chi connectivity index (χ3n) is 4.52. The van der Waals surface area contributed by atoms with Gasteiger partial charge in [-0.25, -0.2) is 0 Å². The first-order valence-electron chi connectivity index (χ1n) is 8.65. The van der Waals surface area contributed by atoms with Gasteiger partial charge in [0.1, 0.15) is 11.8 Å². The van der Waals surface area contributed by atoms with Gasteiger partial charge < -0.3 is 20.1 Å². The minimum Gasteiger partial charge on any atom is -0.497 e. The third-order valence-corrected chi connectivity index (χ3v) is 5.24. The lowest BCUT2D eigenvalue weighted by Gasteiger charge is -2.31. The summed E-state index contributed by atoms with van der Waals surface area (Å²) in [6, 6.07) is 4.59. The molecular weight excluding hydrogens is 416 g/mol. The second kappa shape index (κ2) is 9.55. The van der Waals surface area contributed by atoms with Crippen LogP contribution in [0.2, 0.25) is 0 Å². The molecule has 8 heteroatoms. The van der Waals surface area contributed by atoms with Crippen molar-refractivity contribution in [3.8, 4) is 5.75 Å². The van der Waals surface area contributed by atoms with Gasteiger partial charge >= 0.3 is 5.97 Å². The Kier molecular flexibility index (Phi) is 7.41. The lowest BCUT2D eigenvalue weighted by atomic mass is 9.95. The highest BCUT2D eigenvalue weighted by Gasteiger charge is 2.28. The first kappa shape index (κ1) is 21.0. The maximum atomic E-state index is 12.4. The molecule has 1 atom stereocenters. The van der Waals surface area contributed by atoms with Crippen LogP contribution in [-0.4, -0.2) is 54.0 Å². The fourth-order valence-electron chi connectivity index (χ4n) is 2.80. The van der Waals surface area contributed by atoms with Crippen LogP contribution in [0.4, 0.5) is 0 Å². The highest BCUT2D eigenvalue weighted by atomic mass is 79.9. The van der Waals surface area contributed by atoms with E-state index in [-0.39, 0.29) is 17.7 Å². The number of methoxy groups -OCH3 is 1. The number of rotatable bonds is 6. The maximum absolute atomic E-state index is 12.4. The lowest BCUT2D eigenvalue weighted by Crippen LogP contribution is -2.46. The molecule has 146 valence electrons. The van der Waals surface area contributed by atoms with Gasteiger partial charge in [0, 0.05) is 29.6 Å². The van der Waals surface area contributed by atoms with Gasteiger partial charge in [-0.3, -0.25) is 14.4 Å². The quantitative estimate of drug-likeness (QED) is 0.664. The number of halogens is 1. The summed E-state index contributed by atoms with van der Waals surface area (Å²) >= 11 is 3.44. The van der Waals surface area contributed by atoms with Gasteiger partial charge in [-0.1, -0.05) is 15.9 Å². The standard InChI is InChI=1S/C19H23BrN2O5/c1-12(19(25)26)21-18(24)13-7-9-22(10-8-13)17(23)6-3-14-11-15(27-2)4-5-16(14)20/h3-6,11-13H,7-10H2,1-2H3,(H,21,24)(H,25,26). The van der Waals surface area contributed by atoms with Crippen LogP contribution in [0.3, 0.4) is 0 Å². The molecule has 0 radical (unpaired) electrons. The highest BCUT2D eigenvalue weighted by molar-refractivity contribution is 9.10. The number of hydrogen-bond acceptors (Lipinski definition) is 4. The SMILES string of the molecule is COc1ccc(Br)c(C=CC(=O)N2CCC(C(=O)NC(C)C(=O)O)CC2)c1. The van der Waals surface area contributed by atoms with Crippen molar-refractivity contribution in [1.82, 2.24) is 10.2 Å². The molecule has 1 aliphatic heterocycles. The number of benzene rings is 1. The maximum Gasteiger partial charge on any atom is 0.325 e. The van der Waals surface area contributed by atoms with Crippen LogP contribution in [0.15, 0.2) is 28.7 Å². The Bertz CT molecular complexity index is 742. The van der Waals surface area contributed by atoms with E-state index in [2.05, 4.69) is 21.2 Å². The first-order chi connectivity index (χ1) is 12.8. The van der Waals surface area contributed by atoms with Gasteiger partial charge in [0.15, 0.2) is 0 Å². The van der Waals surface area contributed by atoms with E-state index >= 15 is 0 Å². The minimum absolute atomic E-state index is 0.123. The number of carbonyl (C=O) groups excluding carboxylic acids is 2. The van der Waals surface area contributed by atoms with Crippen LogP contribution in [0.1, 0.15) is 25.3 Å². The molecule has 0 saturated carbocycles. The van der Waals surface area contributed by atoms with E-state index in [4.69, 9.17) is 9.84 Å². The number of carboxylic acid groups (broad SMARTS) is 1. The number of amides is 2. The number of carbonyl (C=O) groups is 3. The van der Waals surface area contributed by atoms with Crippen molar-refractivity contribution in [1.29, 1.82) is 0 Å². The highest BCUT2D eigenvalue weighted by Crippen LogP contribution is 2.24. The number of carboxylic acids is 1. The molecule has 0 aromatic heterocycles. The molecule has 27 heavy (non-hydrogen) atoms. The van der Waals surface area contributed by atoms with Crippen molar-refractivity contribution in [2.75, 3.05) is 20.2 Å². The minimum atomic E-state index is -1.06. The third kappa shape index (κ3) is 5.82. The second-order valence-electron chi connectivity index (χ2n) is 6.39. The number of piperidine rings is 1. The molecule has 2 N–H and O–H groups in total. The van der Waals surface area contributed by atoms with Crippen molar-refractivity contribution in [2.45, 2.75) is 25.8 Å². The summed E-state index contributed by atoms with van der Waals surface area (Å²) in [7, 11) is 1.58. The molecule has 1 unspecified atom stereocenters. The number of hydrogen-bond donors (Lipinski definition) is 2. The zero-order valence-electron chi connectivity index (χ0n) is 15.3. The van der Waals surface area contributed by atoms with Crippen LogP contribution < -0.4 is 10.1 Å². The Morgan fingerprint density at radius 1 is 1.33 bits per heavy atom.